The van der Waals surface area contributed by atoms with Crippen LogP contribution in [0.1, 0.15) is 53.9 Å². The lowest BCUT2D eigenvalue weighted by atomic mass is 9.86. The third-order valence-corrected chi connectivity index (χ3v) is 4.97. The van der Waals surface area contributed by atoms with E-state index in [2.05, 4.69) is 6.58 Å². The molecule has 0 saturated heterocycles. The molecule has 4 atom stereocenters. The Hall–Kier alpha value is -2.31. The molecule has 0 amide bonds. The fraction of sp³-hybridized carbons (Fsp3) is 0.682. The molecular formula is C22H32O7. The van der Waals surface area contributed by atoms with E-state index in [9.17, 15) is 14.4 Å². The largest absolute Gasteiger partial charge is 0.462 e. The topological polar surface area (TPSA) is 88.1 Å². The van der Waals surface area contributed by atoms with Crippen LogP contribution < -0.4 is 0 Å². The highest BCUT2D eigenvalue weighted by Gasteiger charge is 2.49. The predicted octanol–water partition coefficient (Wildman–Crippen LogP) is 3.53. The van der Waals surface area contributed by atoms with Crippen molar-refractivity contribution in [3.63, 3.8) is 0 Å². The summed E-state index contributed by atoms with van der Waals surface area (Å²) < 4.78 is 22.0. The number of rotatable bonds is 8. The molecule has 1 aliphatic heterocycles. The first-order valence-electron chi connectivity index (χ1n) is 10.1. The van der Waals surface area contributed by atoms with Gasteiger partial charge in [-0.05, 0) is 23.8 Å². The molecule has 1 aliphatic carbocycles. The van der Waals surface area contributed by atoms with E-state index >= 15 is 0 Å². The van der Waals surface area contributed by atoms with Crippen molar-refractivity contribution in [1.29, 1.82) is 0 Å². The lowest BCUT2D eigenvalue weighted by molar-refractivity contribution is -0.182. The summed E-state index contributed by atoms with van der Waals surface area (Å²) in [5, 5.41) is 0. The van der Waals surface area contributed by atoms with Gasteiger partial charge in [0.05, 0.1) is 12.2 Å². The zero-order valence-corrected chi connectivity index (χ0v) is 17.9. The highest BCUT2D eigenvalue weighted by atomic mass is 16.7. The Kier molecular flexibility index (Phi) is 7.88. The fourth-order valence-electron chi connectivity index (χ4n) is 3.71. The maximum atomic E-state index is 12.2. The lowest BCUT2D eigenvalue weighted by Crippen LogP contribution is -2.36. The molecule has 162 valence electrons. The van der Waals surface area contributed by atoms with Crippen molar-refractivity contribution in [3.05, 3.63) is 24.0 Å². The Balaban J connectivity index is 2.14. The highest BCUT2D eigenvalue weighted by molar-refractivity contribution is 5.70. The second-order valence-corrected chi connectivity index (χ2v) is 8.58. The van der Waals surface area contributed by atoms with Crippen molar-refractivity contribution in [2.24, 2.45) is 23.7 Å². The summed E-state index contributed by atoms with van der Waals surface area (Å²) in [4.78, 5) is 35.6. The maximum absolute atomic E-state index is 12.2. The lowest BCUT2D eigenvalue weighted by Gasteiger charge is -2.33. The van der Waals surface area contributed by atoms with Gasteiger partial charge in [-0.1, -0.05) is 34.3 Å². The molecule has 1 heterocycles. The average Bonchev–Trinajstić information content (AvgIpc) is 2.89. The number of carbonyl (C=O) groups excluding carboxylic acids is 3. The Labute approximate surface area is 172 Å². The summed E-state index contributed by atoms with van der Waals surface area (Å²) in [6, 6.07) is 0. The first-order valence-corrected chi connectivity index (χ1v) is 10.1. The van der Waals surface area contributed by atoms with Crippen LogP contribution in [0.3, 0.4) is 0 Å². The third kappa shape index (κ3) is 6.34. The number of fused-ring (bicyclic) bond motifs is 1. The van der Waals surface area contributed by atoms with E-state index in [0.717, 1.165) is 5.57 Å². The molecule has 0 spiro atoms. The van der Waals surface area contributed by atoms with Crippen molar-refractivity contribution in [2.45, 2.75) is 66.3 Å². The minimum absolute atomic E-state index is 0.0828. The Morgan fingerprint density at radius 2 is 1.72 bits per heavy atom. The van der Waals surface area contributed by atoms with E-state index in [1.165, 1.54) is 13.2 Å². The summed E-state index contributed by atoms with van der Waals surface area (Å²) >= 11 is 0. The molecule has 7 nitrogen and oxygen atoms in total. The van der Waals surface area contributed by atoms with Crippen molar-refractivity contribution in [3.8, 4) is 0 Å². The molecule has 7 heteroatoms. The van der Waals surface area contributed by atoms with Crippen molar-refractivity contribution < 1.29 is 33.3 Å². The number of hydrogen-bond acceptors (Lipinski definition) is 7. The van der Waals surface area contributed by atoms with Gasteiger partial charge in [0.25, 0.3) is 6.29 Å². The molecule has 29 heavy (non-hydrogen) atoms. The summed E-state index contributed by atoms with van der Waals surface area (Å²) in [6.45, 7) is 13.3. The first kappa shape index (κ1) is 23.0. The summed E-state index contributed by atoms with van der Waals surface area (Å²) in [5.74, 6) is -1.18. The maximum Gasteiger partial charge on any atom is 0.309 e. The molecule has 1 saturated carbocycles. The van der Waals surface area contributed by atoms with Gasteiger partial charge in [0.2, 0.25) is 0 Å². The van der Waals surface area contributed by atoms with Crippen LogP contribution in [0.5, 0.6) is 0 Å². The Morgan fingerprint density at radius 1 is 1.10 bits per heavy atom. The average molecular weight is 408 g/mol. The zero-order valence-electron chi connectivity index (χ0n) is 17.9. The first-order chi connectivity index (χ1) is 13.6. The zero-order chi connectivity index (χ0) is 21.7. The van der Waals surface area contributed by atoms with Crippen LogP contribution in [-0.2, 0) is 33.3 Å². The second-order valence-electron chi connectivity index (χ2n) is 8.58. The van der Waals surface area contributed by atoms with Gasteiger partial charge in [-0.2, -0.15) is 0 Å². The van der Waals surface area contributed by atoms with E-state index in [1.54, 1.807) is 0 Å². The molecule has 0 aromatic rings. The molecule has 0 radical (unpaired) electrons. The predicted molar refractivity (Wildman–Crippen MR) is 105 cm³/mol. The molecule has 2 aliphatic rings. The van der Waals surface area contributed by atoms with Gasteiger partial charge in [-0.15, -0.1) is 0 Å². The minimum atomic E-state index is -0.838. The van der Waals surface area contributed by atoms with Crippen LogP contribution >= 0.6 is 0 Å². The monoisotopic (exact) mass is 408 g/mol. The van der Waals surface area contributed by atoms with Crippen molar-refractivity contribution in [1.82, 2.24) is 0 Å². The van der Waals surface area contributed by atoms with E-state index in [4.69, 9.17) is 18.9 Å². The van der Waals surface area contributed by atoms with E-state index in [1.807, 2.05) is 27.7 Å². The van der Waals surface area contributed by atoms with Gasteiger partial charge >= 0.3 is 17.9 Å². The van der Waals surface area contributed by atoms with Crippen molar-refractivity contribution >= 4 is 17.9 Å². The molecule has 0 aromatic heterocycles. The quantitative estimate of drug-likeness (QED) is 0.345. The Bertz CT molecular complexity index is 677. The van der Waals surface area contributed by atoms with Gasteiger partial charge < -0.3 is 18.9 Å². The van der Waals surface area contributed by atoms with Crippen molar-refractivity contribution in [2.75, 3.05) is 6.61 Å². The molecule has 0 bridgehead atoms. The third-order valence-electron chi connectivity index (χ3n) is 4.97. The fourth-order valence-corrected chi connectivity index (χ4v) is 3.71. The Morgan fingerprint density at radius 3 is 2.31 bits per heavy atom. The van der Waals surface area contributed by atoms with Crippen LogP contribution in [0.25, 0.3) is 0 Å². The van der Waals surface area contributed by atoms with Gasteiger partial charge in [0, 0.05) is 31.3 Å². The van der Waals surface area contributed by atoms with E-state index in [-0.39, 0.29) is 48.6 Å². The number of hydrogen-bond donors (Lipinski definition) is 0. The van der Waals surface area contributed by atoms with E-state index < -0.39 is 18.4 Å². The van der Waals surface area contributed by atoms with Gasteiger partial charge in [-0.25, -0.2) is 0 Å². The van der Waals surface area contributed by atoms with Crippen LogP contribution in [0.15, 0.2) is 24.0 Å². The molecule has 1 fully saturated rings. The van der Waals surface area contributed by atoms with E-state index in [0.29, 0.717) is 18.4 Å². The summed E-state index contributed by atoms with van der Waals surface area (Å²) in [6.07, 6.45) is 1.26. The molecule has 2 rings (SSSR count). The SMILES string of the molecule is C=C1[C@H]2[C@H](OC(=O)CC(C)C)OC=C(COC(=O)CC(C)C)[C@H]2C[C@@H]1OC(C)=O. The summed E-state index contributed by atoms with van der Waals surface area (Å²) in [5.41, 5.74) is 1.41. The van der Waals surface area contributed by atoms with Gasteiger partial charge in [0.15, 0.2) is 0 Å². The molecular weight excluding hydrogens is 376 g/mol. The smallest absolute Gasteiger partial charge is 0.309 e. The summed E-state index contributed by atoms with van der Waals surface area (Å²) in [7, 11) is 0. The number of carbonyl (C=O) groups is 3. The van der Waals surface area contributed by atoms with Gasteiger partial charge in [0.1, 0.15) is 12.7 Å². The molecule has 0 unspecified atom stereocenters. The highest BCUT2D eigenvalue weighted by Crippen LogP contribution is 2.47. The molecule has 0 aromatic carbocycles. The number of esters is 3. The second kappa shape index (κ2) is 9.94. The van der Waals surface area contributed by atoms with Crippen LogP contribution in [0.2, 0.25) is 0 Å². The van der Waals surface area contributed by atoms with Crippen LogP contribution in [-0.4, -0.2) is 36.9 Å². The standard InChI is InChI=1S/C22H32O7/c1-12(2)7-19(24)26-10-16-11-27-22(29-20(25)8-13(3)4)21-14(5)18(9-17(16)21)28-15(6)23/h11-13,17-18,21-22H,5,7-10H2,1-4,6H3/t17-,18+,21-,22+/m1/s1. The van der Waals surface area contributed by atoms with Crippen LogP contribution in [0.4, 0.5) is 0 Å². The van der Waals surface area contributed by atoms with Crippen LogP contribution in [0, 0.1) is 23.7 Å². The normalized spacial score (nSPS) is 25.9. The minimum Gasteiger partial charge on any atom is -0.462 e. The number of ether oxygens (including phenoxy) is 4. The molecule has 0 N–H and O–H groups in total. The van der Waals surface area contributed by atoms with Gasteiger partial charge in [-0.3, -0.25) is 14.4 Å².